The van der Waals surface area contributed by atoms with Crippen LogP contribution in [0.3, 0.4) is 0 Å². The van der Waals surface area contributed by atoms with Crippen molar-refractivity contribution in [2.45, 2.75) is 39.3 Å². The number of methoxy groups -OCH3 is 1. The van der Waals surface area contributed by atoms with Gasteiger partial charge in [-0.1, -0.05) is 18.2 Å². The molecule has 1 N–H and O–H groups in total. The standard InChI is InChI=1S/C18H25NO5/c1-13(19-17(21)24-18(2,3)4)16(20)23-12-6-7-14-8-10-15(22-5)11-9-14/h6-11,13H,12H2,1-5H3,(H,19,21)/b7-6+/t13-/m1/s1. The lowest BCUT2D eigenvalue weighted by atomic mass is 10.2. The third-order valence-corrected chi connectivity index (χ3v) is 2.83. The molecule has 0 radical (unpaired) electrons. The molecule has 24 heavy (non-hydrogen) atoms. The van der Waals surface area contributed by atoms with E-state index in [0.29, 0.717) is 0 Å². The number of carbonyl (C=O) groups excluding carboxylic acids is 2. The predicted molar refractivity (Wildman–Crippen MR) is 91.8 cm³/mol. The van der Waals surface area contributed by atoms with Gasteiger partial charge in [0.2, 0.25) is 0 Å². The van der Waals surface area contributed by atoms with Gasteiger partial charge in [-0.15, -0.1) is 0 Å². The highest BCUT2D eigenvalue weighted by Crippen LogP contribution is 2.12. The second kappa shape index (κ2) is 8.96. The van der Waals surface area contributed by atoms with Crippen LogP contribution in [0, 0.1) is 0 Å². The van der Waals surface area contributed by atoms with E-state index in [9.17, 15) is 9.59 Å². The SMILES string of the molecule is COc1ccc(/C=C/COC(=O)[C@@H](C)NC(=O)OC(C)(C)C)cc1. The second-order valence-electron chi connectivity index (χ2n) is 6.17. The van der Waals surface area contributed by atoms with Crippen LogP contribution in [0.4, 0.5) is 4.79 Å². The first-order valence-electron chi connectivity index (χ1n) is 7.68. The summed E-state index contributed by atoms with van der Waals surface area (Å²) in [7, 11) is 1.61. The summed E-state index contributed by atoms with van der Waals surface area (Å²) in [5.41, 5.74) is 0.348. The summed E-state index contributed by atoms with van der Waals surface area (Å²) in [6.07, 6.45) is 2.90. The molecule has 0 aliphatic heterocycles. The second-order valence-corrected chi connectivity index (χ2v) is 6.17. The van der Waals surface area contributed by atoms with Crippen LogP contribution in [-0.4, -0.2) is 37.4 Å². The summed E-state index contributed by atoms with van der Waals surface area (Å²) < 4.78 is 15.2. The molecule has 0 spiro atoms. The Balaban J connectivity index is 2.36. The Bertz CT molecular complexity index is 572. The zero-order valence-corrected chi connectivity index (χ0v) is 14.8. The van der Waals surface area contributed by atoms with Gasteiger partial charge in [0.1, 0.15) is 24.0 Å². The van der Waals surface area contributed by atoms with Gasteiger partial charge in [-0.25, -0.2) is 9.59 Å². The van der Waals surface area contributed by atoms with Gasteiger partial charge in [-0.2, -0.15) is 0 Å². The topological polar surface area (TPSA) is 73.9 Å². The number of rotatable bonds is 6. The van der Waals surface area contributed by atoms with Crippen LogP contribution in [0.15, 0.2) is 30.3 Å². The molecule has 1 atom stereocenters. The summed E-state index contributed by atoms with van der Waals surface area (Å²) in [5, 5.41) is 2.43. The molecular formula is C18H25NO5. The van der Waals surface area contributed by atoms with Gasteiger partial charge in [0.05, 0.1) is 7.11 Å². The first-order chi connectivity index (χ1) is 11.2. The average Bonchev–Trinajstić information content (AvgIpc) is 2.49. The molecule has 6 nitrogen and oxygen atoms in total. The third kappa shape index (κ3) is 7.67. The van der Waals surface area contributed by atoms with Crippen molar-refractivity contribution < 1.29 is 23.8 Å². The fourth-order valence-corrected chi connectivity index (χ4v) is 1.70. The number of ether oxygens (including phenoxy) is 3. The molecule has 0 aromatic heterocycles. The summed E-state index contributed by atoms with van der Waals surface area (Å²) in [6, 6.07) is 6.69. The number of esters is 1. The Kier molecular flexibility index (Phi) is 7.30. The molecule has 0 aliphatic rings. The molecule has 1 aromatic carbocycles. The smallest absolute Gasteiger partial charge is 0.408 e. The fourth-order valence-electron chi connectivity index (χ4n) is 1.70. The first kappa shape index (κ1) is 19.5. The molecule has 6 heteroatoms. The average molecular weight is 335 g/mol. The minimum Gasteiger partial charge on any atom is -0.497 e. The number of hydrogen-bond donors (Lipinski definition) is 1. The Hall–Kier alpha value is -2.50. The first-order valence-corrected chi connectivity index (χ1v) is 7.68. The number of nitrogens with one attached hydrogen (secondary N) is 1. The molecule has 0 fully saturated rings. The van der Waals surface area contributed by atoms with Crippen molar-refractivity contribution in [2.75, 3.05) is 13.7 Å². The maximum atomic E-state index is 11.8. The minimum atomic E-state index is -0.783. The van der Waals surface area contributed by atoms with Crippen LogP contribution in [-0.2, 0) is 14.3 Å². The molecule has 1 amide bonds. The Morgan fingerprint density at radius 1 is 1.21 bits per heavy atom. The summed E-state index contributed by atoms with van der Waals surface area (Å²) in [5.74, 6) is 0.251. The van der Waals surface area contributed by atoms with Gasteiger partial charge in [0, 0.05) is 0 Å². The van der Waals surface area contributed by atoms with Crippen LogP contribution in [0.1, 0.15) is 33.3 Å². The van der Waals surface area contributed by atoms with E-state index in [1.54, 1.807) is 40.9 Å². The molecule has 132 valence electrons. The van der Waals surface area contributed by atoms with Crippen molar-refractivity contribution in [3.8, 4) is 5.75 Å². The van der Waals surface area contributed by atoms with Crippen LogP contribution < -0.4 is 10.1 Å². The lowest BCUT2D eigenvalue weighted by Crippen LogP contribution is -2.42. The van der Waals surface area contributed by atoms with Gasteiger partial charge in [-0.05, 0) is 51.5 Å². The van der Waals surface area contributed by atoms with E-state index in [4.69, 9.17) is 14.2 Å². The van der Waals surface area contributed by atoms with E-state index in [-0.39, 0.29) is 6.61 Å². The number of hydrogen-bond acceptors (Lipinski definition) is 5. The lowest BCUT2D eigenvalue weighted by molar-refractivity contribution is -0.144. The summed E-state index contributed by atoms with van der Waals surface area (Å²) >= 11 is 0. The Labute approximate surface area is 142 Å². The molecule has 0 saturated heterocycles. The van der Waals surface area contributed by atoms with Crippen molar-refractivity contribution >= 4 is 18.1 Å². The number of alkyl carbamates (subject to hydrolysis) is 1. The molecular weight excluding hydrogens is 310 g/mol. The molecule has 0 aliphatic carbocycles. The maximum absolute atomic E-state index is 11.8. The lowest BCUT2D eigenvalue weighted by Gasteiger charge is -2.21. The zero-order chi connectivity index (χ0) is 18.2. The highest BCUT2D eigenvalue weighted by molar-refractivity contribution is 5.81. The third-order valence-electron chi connectivity index (χ3n) is 2.83. The molecule has 0 bridgehead atoms. The Morgan fingerprint density at radius 2 is 1.83 bits per heavy atom. The number of carbonyl (C=O) groups is 2. The number of amides is 1. The molecule has 1 rings (SSSR count). The molecule has 0 saturated carbocycles. The van der Waals surface area contributed by atoms with E-state index < -0.39 is 23.7 Å². The minimum absolute atomic E-state index is 0.116. The van der Waals surface area contributed by atoms with E-state index in [0.717, 1.165) is 11.3 Å². The summed E-state index contributed by atoms with van der Waals surface area (Å²) in [6.45, 7) is 6.91. The van der Waals surface area contributed by atoms with Crippen LogP contribution in [0.2, 0.25) is 0 Å². The fraction of sp³-hybridized carbons (Fsp3) is 0.444. The van der Waals surface area contributed by atoms with Crippen LogP contribution in [0.25, 0.3) is 6.08 Å². The predicted octanol–water partition coefficient (Wildman–Crippen LogP) is 3.16. The van der Waals surface area contributed by atoms with Crippen LogP contribution in [0.5, 0.6) is 5.75 Å². The maximum Gasteiger partial charge on any atom is 0.408 e. The van der Waals surface area contributed by atoms with Crippen molar-refractivity contribution in [3.63, 3.8) is 0 Å². The molecule has 1 aromatic rings. The van der Waals surface area contributed by atoms with Crippen LogP contribution >= 0.6 is 0 Å². The van der Waals surface area contributed by atoms with E-state index in [1.807, 2.05) is 30.3 Å². The van der Waals surface area contributed by atoms with E-state index in [2.05, 4.69) is 5.32 Å². The zero-order valence-electron chi connectivity index (χ0n) is 14.8. The highest BCUT2D eigenvalue weighted by Gasteiger charge is 2.21. The van der Waals surface area contributed by atoms with Gasteiger partial charge in [-0.3, -0.25) is 0 Å². The van der Waals surface area contributed by atoms with E-state index in [1.165, 1.54) is 0 Å². The van der Waals surface area contributed by atoms with Crippen molar-refractivity contribution in [2.24, 2.45) is 0 Å². The summed E-state index contributed by atoms with van der Waals surface area (Å²) in [4.78, 5) is 23.4. The quantitative estimate of drug-likeness (QED) is 0.808. The van der Waals surface area contributed by atoms with Gasteiger partial charge < -0.3 is 19.5 Å². The Morgan fingerprint density at radius 3 is 2.38 bits per heavy atom. The van der Waals surface area contributed by atoms with Gasteiger partial charge in [0.25, 0.3) is 0 Å². The highest BCUT2D eigenvalue weighted by atomic mass is 16.6. The normalized spacial score (nSPS) is 12.5. The van der Waals surface area contributed by atoms with E-state index >= 15 is 0 Å². The van der Waals surface area contributed by atoms with Crippen molar-refractivity contribution in [3.05, 3.63) is 35.9 Å². The monoisotopic (exact) mass is 335 g/mol. The molecule has 0 heterocycles. The van der Waals surface area contributed by atoms with Gasteiger partial charge >= 0.3 is 12.1 Å². The van der Waals surface area contributed by atoms with Gasteiger partial charge in [0.15, 0.2) is 0 Å². The molecule has 0 unspecified atom stereocenters. The largest absolute Gasteiger partial charge is 0.497 e. The van der Waals surface area contributed by atoms with Crippen molar-refractivity contribution in [1.29, 1.82) is 0 Å². The van der Waals surface area contributed by atoms with Crippen molar-refractivity contribution in [1.82, 2.24) is 5.32 Å². The number of benzene rings is 1.